The smallest absolute Gasteiger partial charge is 0.144 e. The first kappa shape index (κ1) is 17.4. The average Bonchev–Trinajstić information content (AvgIpc) is 2.70. The molecule has 25 heavy (non-hydrogen) atoms. The molecule has 0 aromatic heterocycles. The molecule has 0 heterocycles. The zero-order chi connectivity index (χ0) is 17.5. The Morgan fingerprint density at radius 1 is 0.760 bits per heavy atom. The molecular formula is C23H24O2. The fraction of sp³-hybridized carbons (Fsp3) is 0.217. The molecule has 0 aliphatic heterocycles. The van der Waals surface area contributed by atoms with Crippen molar-refractivity contribution in [3.8, 4) is 0 Å². The molecule has 0 radical (unpaired) electrons. The Hall–Kier alpha value is -2.42. The lowest BCUT2D eigenvalue weighted by Gasteiger charge is -2.37. The monoisotopic (exact) mass is 332 g/mol. The van der Waals surface area contributed by atoms with E-state index >= 15 is 0 Å². The van der Waals surface area contributed by atoms with Gasteiger partial charge >= 0.3 is 0 Å². The van der Waals surface area contributed by atoms with Gasteiger partial charge in [-0.25, -0.2) is 0 Å². The van der Waals surface area contributed by atoms with Crippen LogP contribution < -0.4 is 0 Å². The maximum Gasteiger partial charge on any atom is 0.144 e. The first-order valence-electron chi connectivity index (χ1n) is 8.77. The molecule has 0 atom stereocenters. The van der Waals surface area contributed by atoms with Gasteiger partial charge in [0.05, 0.1) is 13.2 Å². The number of aliphatic hydroxyl groups excluding tert-OH is 1. The minimum atomic E-state index is -0.738. The quantitative estimate of drug-likeness (QED) is 0.643. The number of rotatable bonds is 7. The molecule has 0 aliphatic rings. The predicted molar refractivity (Wildman–Crippen MR) is 102 cm³/mol. The largest absolute Gasteiger partial charge is 0.394 e. The second-order valence-corrected chi connectivity index (χ2v) is 6.00. The highest BCUT2D eigenvalue weighted by Gasteiger charge is 2.38. The van der Waals surface area contributed by atoms with Crippen LogP contribution in [0.5, 0.6) is 0 Å². The predicted octanol–water partition coefficient (Wildman–Crippen LogP) is 4.55. The van der Waals surface area contributed by atoms with Gasteiger partial charge in [-0.15, -0.1) is 0 Å². The van der Waals surface area contributed by atoms with Crippen LogP contribution in [0.1, 0.15) is 29.2 Å². The first-order chi connectivity index (χ1) is 12.3. The van der Waals surface area contributed by atoms with E-state index in [1.54, 1.807) is 0 Å². The molecule has 3 rings (SSSR count). The molecule has 0 unspecified atom stereocenters. The van der Waals surface area contributed by atoms with Crippen LogP contribution in [0, 0.1) is 0 Å². The van der Waals surface area contributed by atoms with Crippen LogP contribution >= 0.6 is 0 Å². The van der Waals surface area contributed by atoms with Gasteiger partial charge in [0.1, 0.15) is 5.60 Å². The van der Waals surface area contributed by atoms with Crippen molar-refractivity contribution in [1.82, 2.24) is 0 Å². The lowest BCUT2D eigenvalue weighted by molar-refractivity contribution is -0.00692. The van der Waals surface area contributed by atoms with Crippen molar-refractivity contribution in [3.05, 3.63) is 107 Å². The van der Waals surface area contributed by atoms with Crippen molar-refractivity contribution in [2.75, 3.05) is 13.2 Å². The highest BCUT2D eigenvalue weighted by atomic mass is 16.5. The van der Waals surface area contributed by atoms with Crippen LogP contribution in [0.15, 0.2) is 84.9 Å². The number of aryl methyl sites for hydroxylation is 1. The third-order valence-corrected chi connectivity index (χ3v) is 4.55. The minimum Gasteiger partial charge on any atom is -0.394 e. The molecule has 2 nitrogen and oxygen atoms in total. The summed E-state index contributed by atoms with van der Waals surface area (Å²) in [4.78, 5) is 0. The Balaban J connectivity index is 2.32. The minimum absolute atomic E-state index is 0.0181. The SMILES string of the molecule is CCc1ccccc1C(OCCO)(c1ccccc1)c1ccccc1. The Bertz CT molecular complexity index is 742. The fourth-order valence-electron chi connectivity index (χ4n) is 3.44. The summed E-state index contributed by atoms with van der Waals surface area (Å²) in [7, 11) is 0. The summed E-state index contributed by atoms with van der Waals surface area (Å²) >= 11 is 0. The third kappa shape index (κ3) is 3.37. The summed E-state index contributed by atoms with van der Waals surface area (Å²) in [6, 6.07) is 28.9. The van der Waals surface area contributed by atoms with Gasteiger partial charge in [0, 0.05) is 0 Å². The van der Waals surface area contributed by atoms with E-state index in [0.29, 0.717) is 0 Å². The van der Waals surface area contributed by atoms with Crippen LogP contribution in [0.2, 0.25) is 0 Å². The average molecular weight is 332 g/mol. The normalized spacial score (nSPS) is 11.4. The molecule has 3 aromatic carbocycles. The second-order valence-electron chi connectivity index (χ2n) is 6.00. The molecule has 0 saturated carbocycles. The molecular weight excluding hydrogens is 308 g/mol. The van der Waals surface area contributed by atoms with E-state index in [9.17, 15) is 5.11 Å². The van der Waals surface area contributed by atoms with Crippen LogP contribution in [0.4, 0.5) is 0 Å². The Morgan fingerprint density at radius 3 is 1.80 bits per heavy atom. The fourth-order valence-corrected chi connectivity index (χ4v) is 3.44. The maximum absolute atomic E-state index is 9.47. The first-order valence-corrected chi connectivity index (χ1v) is 8.77. The zero-order valence-electron chi connectivity index (χ0n) is 14.6. The number of ether oxygens (including phenoxy) is 1. The van der Waals surface area contributed by atoms with Crippen molar-refractivity contribution in [1.29, 1.82) is 0 Å². The molecule has 0 fully saturated rings. The maximum atomic E-state index is 9.47. The molecule has 128 valence electrons. The van der Waals surface area contributed by atoms with Crippen LogP contribution in [0.3, 0.4) is 0 Å². The zero-order valence-corrected chi connectivity index (χ0v) is 14.6. The summed E-state index contributed by atoms with van der Waals surface area (Å²) in [5.74, 6) is 0. The van der Waals surface area contributed by atoms with Crippen molar-refractivity contribution in [2.45, 2.75) is 18.9 Å². The number of hydrogen-bond donors (Lipinski definition) is 1. The van der Waals surface area contributed by atoms with Crippen molar-refractivity contribution in [2.24, 2.45) is 0 Å². The molecule has 3 aromatic rings. The van der Waals surface area contributed by atoms with E-state index in [1.807, 2.05) is 36.4 Å². The van der Waals surface area contributed by atoms with E-state index in [2.05, 4.69) is 55.5 Å². The second kappa shape index (κ2) is 8.11. The van der Waals surface area contributed by atoms with Crippen molar-refractivity contribution >= 4 is 0 Å². The van der Waals surface area contributed by atoms with Gasteiger partial charge in [-0.1, -0.05) is 91.9 Å². The Labute approximate surface area is 149 Å². The Kier molecular flexibility index (Phi) is 5.64. The number of hydrogen-bond acceptors (Lipinski definition) is 2. The number of aliphatic hydroxyl groups is 1. The van der Waals surface area contributed by atoms with Gasteiger partial charge in [-0.3, -0.25) is 0 Å². The van der Waals surface area contributed by atoms with Crippen molar-refractivity contribution in [3.63, 3.8) is 0 Å². The Morgan fingerprint density at radius 2 is 1.28 bits per heavy atom. The van der Waals surface area contributed by atoms with Gasteiger partial charge < -0.3 is 9.84 Å². The van der Waals surface area contributed by atoms with E-state index in [0.717, 1.165) is 23.1 Å². The van der Waals surface area contributed by atoms with Gasteiger partial charge in [-0.05, 0) is 28.7 Å². The highest BCUT2D eigenvalue weighted by molar-refractivity contribution is 5.50. The lowest BCUT2D eigenvalue weighted by Crippen LogP contribution is -2.35. The van der Waals surface area contributed by atoms with Gasteiger partial charge in [-0.2, -0.15) is 0 Å². The summed E-state index contributed by atoms with van der Waals surface area (Å²) in [5.41, 5.74) is 3.76. The molecule has 0 aliphatic carbocycles. The van der Waals surface area contributed by atoms with Crippen LogP contribution in [-0.2, 0) is 16.8 Å². The third-order valence-electron chi connectivity index (χ3n) is 4.55. The summed E-state index contributed by atoms with van der Waals surface area (Å²) < 4.78 is 6.43. The standard InChI is InChI=1S/C23H24O2/c1-2-19-11-9-10-16-22(19)23(25-18-17-24,20-12-5-3-6-13-20)21-14-7-4-8-15-21/h3-16,24H,2,17-18H2,1H3. The summed E-state index contributed by atoms with van der Waals surface area (Å²) in [5, 5.41) is 9.47. The molecule has 0 bridgehead atoms. The summed E-state index contributed by atoms with van der Waals surface area (Å²) in [6.07, 6.45) is 0.917. The van der Waals surface area contributed by atoms with E-state index in [4.69, 9.17) is 4.74 Å². The molecule has 0 saturated heterocycles. The van der Waals surface area contributed by atoms with E-state index in [-0.39, 0.29) is 13.2 Å². The molecule has 2 heteroatoms. The van der Waals surface area contributed by atoms with E-state index < -0.39 is 5.60 Å². The molecule has 0 spiro atoms. The van der Waals surface area contributed by atoms with E-state index in [1.165, 1.54) is 5.56 Å². The number of benzene rings is 3. The van der Waals surface area contributed by atoms with Crippen LogP contribution in [0.25, 0.3) is 0 Å². The highest BCUT2D eigenvalue weighted by Crippen LogP contribution is 2.41. The van der Waals surface area contributed by atoms with Gasteiger partial charge in [0.25, 0.3) is 0 Å². The topological polar surface area (TPSA) is 29.5 Å². The van der Waals surface area contributed by atoms with Gasteiger partial charge in [0.2, 0.25) is 0 Å². The van der Waals surface area contributed by atoms with Crippen LogP contribution in [-0.4, -0.2) is 18.3 Å². The summed E-state index contributed by atoms with van der Waals surface area (Å²) in [6.45, 7) is 2.41. The molecule has 1 N–H and O–H groups in total. The molecule has 0 amide bonds. The van der Waals surface area contributed by atoms with Gasteiger partial charge in [0.15, 0.2) is 0 Å². The lowest BCUT2D eigenvalue weighted by atomic mass is 9.77. The van der Waals surface area contributed by atoms with Crippen molar-refractivity contribution < 1.29 is 9.84 Å².